The van der Waals surface area contributed by atoms with E-state index in [0.717, 1.165) is 17.7 Å². The highest BCUT2D eigenvalue weighted by Gasteiger charge is 2.23. The molecule has 3 heterocycles. The molecule has 1 amide bonds. The molecule has 4 aromatic rings. The SMILES string of the molecule is COc1ccc(-c2nnc3ccc(OCCNS(=O)(=O)c4ccc5c(c4)CCCN5C(C)=O)nn23)cc1OC. The molecule has 0 atom stereocenters. The molecule has 204 valence electrons. The number of nitrogens with zero attached hydrogens (tertiary/aromatic N) is 5. The molecule has 2 aromatic carbocycles. The van der Waals surface area contributed by atoms with Crippen LogP contribution in [0.25, 0.3) is 17.0 Å². The zero-order valence-corrected chi connectivity index (χ0v) is 22.6. The van der Waals surface area contributed by atoms with Gasteiger partial charge in [0.15, 0.2) is 23.0 Å². The summed E-state index contributed by atoms with van der Waals surface area (Å²) in [5.41, 5.74) is 2.84. The summed E-state index contributed by atoms with van der Waals surface area (Å²) in [5.74, 6) is 1.83. The quantitative estimate of drug-likeness (QED) is 0.310. The van der Waals surface area contributed by atoms with E-state index in [1.54, 1.807) is 55.5 Å². The number of benzene rings is 2. The zero-order valence-electron chi connectivity index (χ0n) is 21.7. The molecule has 0 fully saturated rings. The van der Waals surface area contributed by atoms with E-state index in [9.17, 15) is 13.2 Å². The number of aryl methyl sites for hydroxylation is 1. The maximum absolute atomic E-state index is 12.9. The van der Waals surface area contributed by atoms with Crippen LogP contribution in [0.4, 0.5) is 5.69 Å². The third-order valence-corrected chi connectivity index (χ3v) is 7.84. The van der Waals surface area contributed by atoms with Gasteiger partial charge >= 0.3 is 0 Å². The van der Waals surface area contributed by atoms with Gasteiger partial charge in [0.1, 0.15) is 6.61 Å². The van der Waals surface area contributed by atoms with Crippen molar-refractivity contribution in [1.82, 2.24) is 24.5 Å². The number of hydrogen-bond donors (Lipinski definition) is 1. The maximum Gasteiger partial charge on any atom is 0.240 e. The van der Waals surface area contributed by atoms with Gasteiger partial charge in [-0.05, 0) is 60.9 Å². The molecule has 13 heteroatoms. The predicted molar refractivity (Wildman–Crippen MR) is 143 cm³/mol. The van der Waals surface area contributed by atoms with Crippen LogP contribution in [0.3, 0.4) is 0 Å². The molecule has 0 bridgehead atoms. The van der Waals surface area contributed by atoms with Crippen LogP contribution in [0.2, 0.25) is 0 Å². The summed E-state index contributed by atoms with van der Waals surface area (Å²) in [7, 11) is -0.656. The van der Waals surface area contributed by atoms with Crippen LogP contribution < -0.4 is 23.8 Å². The van der Waals surface area contributed by atoms with Crippen molar-refractivity contribution in [1.29, 1.82) is 0 Å². The predicted octanol–water partition coefficient (Wildman–Crippen LogP) is 2.46. The van der Waals surface area contributed by atoms with Crippen molar-refractivity contribution >= 4 is 27.3 Å². The van der Waals surface area contributed by atoms with Crippen LogP contribution in [0.5, 0.6) is 17.4 Å². The van der Waals surface area contributed by atoms with Gasteiger partial charge in [-0.2, -0.15) is 4.52 Å². The minimum atomic E-state index is -3.77. The van der Waals surface area contributed by atoms with Gasteiger partial charge in [0.05, 0.1) is 19.1 Å². The third kappa shape index (κ3) is 5.36. The highest BCUT2D eigenvalue weighted by molar-refractivity contribution is 7.89. The Hall–Kier alpha value is -4.23. The first kappa shape index (κ1) is 26.4. The summed E-state index contributed by atoms with van der Waals surface area (Å²) in [6, 6.07) is 13.5. The molecule has 0 spiro atoms. The van der Waals surface area contributed by atoms with E-state index in [4.69, 9.17) is 14.2 Å². The van der Waals surface area contributed by atoms with E-state index in [1.165, 1.54) is 17.5 Å². The van der Waals surface area contributed by atoms with Gasteiger partial charge in [0, 0.05) is 37.3 Å². The van der Waals surface area contributed by atoms with E-state index in [1.807, 2.05) is 6.07 Å². The summed E-state index contributed by atoms with van der Waals surface area (Å²) in [4.78, 5) is 13.7. The monoisotopic (exact) mass is 552 g/mol. The summed E-state index contributed by atoms with van der Waals surface area (Å²) < 4.78 is 46.2. The Labute approximate surface area is 225 Å². The first-order chi connectivity index (χ1) is 18.8. The second-order valence-corrected chi connectivity index (χ2v) is 10.6. The first-order valence-corrected chi connectivity index (χ1v) is 13.8. The van der Waals surface area contributed by atoms with Gasteiger partial charge in [0.25, 0.3) is 0 Å². The fraction of sp³-hybridized carbons (Fsp3) is 0.308. The van der Waals surface area contributed by atoms with E-state index in [-0.39, 0.29) is 29.8 Å². The summed E-state index contributed by atoms with van der Waals surface area (Å²) in [5, 5.41) is 12.8. The molecule has 1 aliphatic heterocycles. The fourth-order valence-corrected chi connectivity index (χ4v) is 5.55. The lowest BCUT2D eigenvalue weighted by Gasteiger charge is -2.28. The van der Waals surface area contributed by atoms with E-state index < -0.39 is 10.0 Å². The number of ether oxygens (including phenoxy) is 3. The van der Waals surface area contributed by atoms with E-state index >= 15 is 0 Å². The van der Waals surface area contributed by atoms with Crippen LogP contribution in [-0.4, -0.2) is 68.1 Å². The molecule has 5 rings (SSSR count). The molecule has 0 saturated heterocycles. The zero-order chi connectivity index (χ0) is 27.6. The maximum atomic E-state index is 12.9. The lowest BCUT2D eigenvalue weighted by atomic mass is 10.0. The fourth-order valence-electron chi connectivity index (χ4n) is 4.49. The van der Waals surface area contributed by atoms with Crippen LogP contribution in [0, 0.1) is 0 Å². The third-order valence-electron chi connectivity index (χ3n) is 6.38. The standard InChI is InChI=1S/C26H28N6O6S/c1-17(33)31-13-4-5-18-15-20(7-8-21(18)31)39(34,35)27-12-14-38-25-11-10-24-28-29-26(32(24)30-25)19-6-9-22(36-2)23(16-19)37-3/h6-11,15-16,27H,4-5,12-14H2,1-3H3. The average molecular weight is 553 g/mol. The number of rotatable bonds is 9. The highest BCUT2D eigenvalue weighted by atomic mass is 32.2. The number of hydrogen-bond acceptors (Lipinski definition) is 9. The number of nitrogens with one attached hydrogen (secondary N) is 1. The van der Waals surface area contributed by atoms with Gasteiger partial charge in [-0.15, -0.1) is 15.3 Å². The van der Waals surface area contributed by atoms with Crippen molar-refractivity contribution in [2.24, 2.45) is 0 Å². The molecule has 0 aliphatic carbocycles. The van der Waals surface area contributed by atoms with Gasteiger partial charge in [-0.1, -0.05) is 0 Å². The number of amides is 1. The molecule has 1 aliphatic rings. The van der Waals surface area contributed by atoms with Crippen molar-refractivity contribution in [2.45, 2.75) is 24.7 Å². The summed E-state index contributed by atoms with van der Waals surface area (Å²) in [6.45, 7) is 2.22. The molecule has 39 heavy (non-hydrogen) atoms. The molecular formula is C26H28N6O6S. The van der Waals surface area contributed by atoms with Crippen molar-refractivity contribution in [2.75, 3.05) is 38.8 Å². The second kappa shape index (κ2) is 10.9. The van der Waals surface area contributed by atoms with Crippen molar-refractivity contribution in [3.05, 3.63) is 54.1 Å². The number of carbonyl (C=O) groups is 1. The minimum absolute atomic E-state index is 0.0312. The van der Waals surface area contributed by atoms with Gasteiger partial charge in [-0.25, -0.2) is 13.1 Å². The summed E-state index contributed by atoms with van der Waals surface area (Å²) in [6.07, 6.45) is 1.50. The van der Waals surface area contributed by atoms with Crippen LogP contribution in [0.15, 0.2) is 53.4 Å². The normalized spacial score (nSPS) is 13.3. The highest BCUT2D eigenvalue weighted by Crippen LogP contribution is 2.32. The lowest BCUT2D eigenvalue weighted by Crippen LogP contribution is -2.34. The molecule has 0 unspecified atom stereocenters. The first-order valence-electron chi connectivity index (χ1n) is 12.3. The molecule has 0 saturated carbocycles. The Balaban J connectivity index is 1.25. The minimum Gasteiger partial charge on any atom is -0.493 e. The number of carbonyl (C=O) groups excluding carboxylic acids is 1. The average Bonchev–Trinajstić information content (AvgIpc) is 3.37. The smallest absolute Gasteiger partial charge is 0.240 e. The second-order valence-electron chi connectivity index (χ2n) is 8.85. The topological polar surface area (TPSA) is 137 Å². The summed E-state index contributed by atoms with van der Waals surface area (Å²) >= 11 is 0. The van der Waals surface area contributed by atoms with Gasteiger partial charge in [-0.3, -0.25) is 4.79 Å². The molecule has 1 N–H and O–H groups in total. The van der Waals surface area contributed by atoms with Crippen LogP contribution >= 0.6 is 0 Å². The molecule has 0 radical (unpaired) electrons. The Kier molecular flexibility index (Phi) is 7.35. The number of sulfonamides is 1. The van der Waals surface area contributed by atoms with E-state index in [0.29, 0.717) is 41.5 Å². The molecular weight excluding hydrogens is 524 g/mol. The van der Waals surface area contributed by atoms with Crippen molar-refractivity contribution in [3.8, 4) is 28.8 Å². The van der Waals surface area contributed by atoms with Crippen molar-refractivity contribution < 1.29 is 27.4 Å². The molecule has 2 aromatic heterocycles. The van der Waals surface area contributed by atoms with Crippen molar-refractivity contribution in [3.63, 3.8) is 0 Å². The molecule has 12 nitrogen and oxygen atoms in total. The Morgan fingerprint density at radius 1 is 1.03 bits per heavy atom. The van der Waals surface area contributed by atoms with Gasteiger partial charge in [0.2, 0.25) is 21.8 Å². The Bertz CT molecular complexity index is 1640. The number of methoxy groups -OCH3 is 2. The van der Waals surface area contributed by atoms with E-state index in [2.05, 4.69) is 20.0 Å². The lowest BCUT2D eigenvalue weighted by molar-refractivity contribution is -0.116. The Morgan fingerprint density at radius 2 is 1.85 bits per heavy atom. The largest absolute Gasteiger partial charge is 0.493 e. The van der Waals surface area contributed by atoms with Crippen LogP contribution in [0.1, 0.15) is 18.9 Å². The number of anilines is 1. The van der Waals surface area contributed by atoms with Gasteiger partial charge < -0.3 is 19.1 Å². The Morgan fingerprint density at radius 3 is 2.62 bits per heavy atom. The number of fused-ring (bicyclic) bond motifs is 2. The number of aromatic nitrogens is 4. The van der Waals surface area contributed by atoms with Crippen LogP contribution in [-0.2, 0) is 21.2 Å².